The van der Waals surface area contributed by atoms with Crippen LogP contribution < -0.4 is 0 Å². The van der Waals surface area contributed by atoms with Gasteiger partial charge in [0, 0.05) is 28.8 Å². The van der Waals surface area contributed by atoms with Crippen LogP contribution in [0.2, 0.25) is 0 Å². The SMILES string of the molecule is CCCC(=O)O.[Au]. The molecular weight excluding hydrogens is 277 g/mol. The third-order valence-electron chi connectivity index (χ3n) is 0.464. The predicted octanol–water partition coefficient (Wildman–Crippen LogP) is 0.869. The molecule has 0 amide bonds. The zero-order valence-electron chi connectivity index (χ0n) is 4.07. The first-order valence-electron chi connectivity index (χ1n) is 1.99. The summed E-state index contributed by atoms with van der Waals surface area (Å²) in [5.41, 5.74) is 0. The molecule has 1 radical (unpaired) electrons. The van der Waals surface area contributed by atoms with Crippen LogP contribution in [0.5, 0.6) is 0 Å². The van der Waals surface area contributed by atoms with Gasteiger partial charge in [-0.2, -0.15) is 0 Å². The molecular formula is C4H8AuO2. The van der Waals surface area contributed by atoms with Crippen LogP contribution in [0, 0.1) is 0 Å². The fourth-order valence-corrected chi connectivity index (χ4v) is 0.214. The quantitative estimate of drug-likeness (QED) is 0.764. The van der Waals surface area contributed by atoms with Gasteiger partial charge in [-0.15, -0.1) is 0 Å². The van der Waals surface area contributed by atoms with Gasteiger partial charge in [0.25, 0.3) is 0 Å². The van der Waals surface area contributed by atoms with Crippen molar-refractivity contribution in [3.05, 3.63) is 0 Å². The van der Waals surface area contributed by atoms with Crippen LogP contribution in [-0.2, 0) is 27.2 Å². The molecule has 0 atom stereocenters. The Labute approximate surface area is 58.4 Å². The van der Waals surface area contributed by atoms with Gasteiger partial charge in [-0.1, -0.05) is 6.92 Å². The first-order chi connectivity index (χ1) is 2.77. The Morgan fingerprint density at radius 2 is 2.14 bits per heavy atom. The van der Waals surface area contributed by atoms with E-state index in [0.29, 0.717) is 6.42 Å². The molecule has 3 heteroatoms. The summed E-state index contributed by atoms with van der Waals surface area (Å²) >= 11 is 0. The van der Waals surface area contributed by atoms with Gasteiger partial charge in [0.05, 0.1) is 0 Å². The van der Waals surface area contributed by atoms with Crippen molar-refractivity contribution in [1.82, 2.24) is 0 Å². The molecule has 0 saturated heterocycles. The van der Waals surface area contributed by atoms with E-state index in [1.165, 1.54) is 0 Å². The summed E-state index contributed by atoms with van der Waals surface area (Å²) in [6, 6.07) is 0. The van der Waals surface area contributed by atoms with E-state index in [9.17, 15) is 4.79 Å². The van der Waals surface area contributed by atoms with Crippen molar-refractivity contribution in [3.8, 4) is 0 Å². The van der Waals surface area contributed by atoms with E-state index >= 15 is 0 Å². The van der Waals surface area contributed by atoms with Gasteiger partial charge in [-0.3, -0.25) is 4.79 Å². The van der Waals surface area contributed by atoms with Gasteiger partial charge in [-0.25, -0.2) is 0 Å². The third-order valence-corrected chi connectivity index (χ3v) is 0.464. The molecule has 0 aromatic heterocycles. The summed E-state index contributed by atoms with van der Waals surface area (Å²) in [6.07, 6.45) is 1.02. The van der Waals surface area contributed by atoms with E-state index in [-0.39, 0.29) is 22.4 Å². The van der Waals surface area contributed by atoms with Gasteiger partial charge in [-0.05, 0) is 6.42 Å². The molecule has 0 saturated carbocycles. The zero-order chi connectivity index (χ0) is 4.99. The molecule has 0 aliphatic heterocycles. The Morgan fingerprint density at radius 3 is 2.14 bits per heavy atom. The summed E-state index contributed by atoms with van der Waals surface area (Å²) in [5, 5.41) is 7.91. The van der Waals surface area contributed by atoms with Crippen molar-refractivity contribution >= 4 is 5.97 Å². The number of carbonyl (C=O) groups is 1. The van der Waals surface area contributed by atoms with Crippen molar-refractivity contribution in [1.29, 1.82) is 0 Å². The Morgan fingerprint density at radius 1 is 1.71 bits per heavy atom. The van der Waals surface area contributed by atoms with Crippen LogP contribution in [0.25, 0.3) is 0 Å². The molecule has 1 N–H and O–H groups in total. The summed E-state index contributed by atoms with van der Waals surface area (Å²) in [5.74, 6) is -0.711. The summed E-state index contributed by atoms with van der Waals surface area (Å²) in [7, 11) is 0. The van der Waals surface area contributed by atoms with E-state index in [1.54, 1.807) is 0 Å². The Hall–Kier alpha value is 0.210. The minimum Gasteiger partial charge on any atom is -0.481 e. The number of hydrogen-bond acceptors (Lipinski definition) is 1. The van der Waals surface area contributed by atoms with E-state index in [1.807, 2.05) is 6.92 Å². The Balaban J connectivity index is 0. The maximum atomic E-state index is 9.60. The minimum absolute atomic E-state index is 0. The molecule has 7 heavy (non-hydrogen) atoms. The average Bonchev–Trinajstić information content (AvgIpc) is 1.35. The number of carboxylic acid groups (broad SMARTS) is 1. The largest absolute Gasteiger partial charge is 0.481 e. The van der Waals surface area contributed by atoms with E-state index < -0.39 is 5.97 Å². The van der Waals surface area contributed by atoms with E-state index in [4.69, 9.17) is 5.11 Å². The number of aliphatic carboxylic acids is 1. The maximum Gasteiger partial charge on any atom is 0.303 e. The minimum atomic E-state index is -0.711. The van der Waals surface area contributed by atoms with Crippen molar-refractivity contribution < 1.29 is 32.3 Å². The number of hydrogen-bond donors (Lipinski definition) is 1. The molecule has 2 nitrogen and oxygen atoms in total. The van der Waals surface area contributed by atoms with Crippen LogP contribution in [-0.4, -0.2) is 11.1 Å². The van der Waals surface area contributed by atoms with Crippen molar-refractivity contribution in [2.24, 2.45) is 0 Å². The third kappa shape index (κ3) is 10.7. The number of carboxylic acids is 1. The molecule has 0 spiro atoms. The molecule has 0 aromatic rings. The first-order valence-corrected chi connectivity index (χ1v) is 1.99. The van der Waals surface area contributed by atoms with Crippen LogP contribution in [0.4, 0.5) is 0 Å². The molecule has 0 heterocycles. The zero-order valence-corrected chi connectivity index (χ0v) is 6.24. The second-order valence-corrected chi connectivity index (χ2v) is 1.14. The van der Waals surface area contributed by atoms with Crippen molar-refractivity contribution in [3.63, 3.8) is 0 Å². The van der Waals surface area contributed by atoms with Crippen molar-refractivity contribution in [2.45, 2.75) is 19.8 Å². The van der Waals surface area contributed by atoms with Gasteiger partial charge in [0.1, 0.15) is 0 Å². The fraction of sp³-hybridized carbons (Fsp3) is 0.750. The smallest absolute Gasteiger partial charge is 0.303 e. The molecule has 0 unspecified atom stereocenters. The van der Waals surface area contributed by atoms with Crippen LogP contribution >= 0.6 is 0 Å². The Kier molecular flexibility index (Phi) is 9.09. The van der Waals surface area contributed by atoms with Crippen molar-refractivity contribution in [2.75, 3.05) is 0 Å². The molecule has 0 aliphatic rings. The van der Waals surface area contributed by atoms with Gasteiger partial charge in [0.2, 0.25) is 0 Å². The maximum absolute atomic E-state index is 9.60. The summed E-state index contributed by atoms with van der Waals surface area (Å²) in [6.45, 7) is 1.84. The standard InChI is InChI=1S/C4H8O2.Au/c1-2-3-4(5)6;/h2-3H2,1H3,(H,5,6);. The first kappa shape index (κ1) is 10.2. The molecule has 0 aliphatic carbocycles. The second-order valence-electron chi connectivity index (χ2n) is 1.14. The predicted molar refractivity (Wildman–Crippen MR) is 22.5 cm³/mol. The second kappa shape index (κ2) is 6.21. The fourth-order valence-electron chi connectivity index (χ4n) is 0.214. The normalized spacial score (nSPS) is 7.00. The van der Waals surface area contributed by atoms with Gasteiger partial charge < -0.3 is 5.11 Å². The average molecular weight is 285 g/mol. The number of rotatable bonds is 2. The molecule has 0 rings (SSSR count). The van der Waals surface area contributed by atoms with Crippen LogP contribution in [0.15, 0.2) is 0 Å². The van der Waals surface area contributed by atoms with E-state index in [2.05, 4.69) is 0 Å². The summed E-state index contributed by atoms with van der Waals surface area (Å²) in [4.78, 5) is 9.60. The monoisotopic (exact) mass is 285 g/mol. The van der Waals surface area contributed by atoms with Crippen LogP contribution in [0.1, 0.15) is 19.8 Å². The van der Waals surface area contributed by atoms with Gasteiger partial charge in [0.15, 0.2) is 0 Å². The molecule has 47 valence electrons. The van der Waals surface area contributed by atoms with E-state index in [0.717, 1.165) is 6.42 Å². The topological polar surface area (TPSA) is 37.3 Å². The van der Waals surface area contributed by atoms with Crippen LogP contribution in [0.3, 0.4) is 0 Å². The molecule has 0 bridgehead atoms. The Bertz CT molecular complexity index is 53.7. The molecule has 0 aromatic carbocycles. The summed E-state index contributed by atoms with van der Waals surface area (Å²) < 4.78 is 0. The van der Waals surface area contributed by atoms with Gasteiger partial charge >= 0.3 is 5.97 Å². The molecule has 0 fully saturated rings.